The van der Waals surface area contributed by atoms with Crippen LogP contribution in [0.2, 0.25) is 0 Å². The van der Waals surface area contributed by atoms with E-state index in [9.17, 15) is 4.79 Å². The average molecular weight is 281 g/mol. The summed E-state index contributed by atoms with van der Waals surface area (Å²) in [5.74, 6) is -0.0173. The molecule has 2 heterocycles. The average Bonchev–Trinajstić information content (AvgIpc) is 2.82. The molecule has 0 unspecified atom stereocenters. The number of fused-ring (bicyclic) bond motifs is 1. The van der Waals surface area contributed by atoms with Crippen LogP contribution in [0.15, 0.2) is 30.7 Å². The van der Waals surface area contributed by atoms with Crippen LogP contribution >= 0.6 is 0 Å². The SMILES string of the molecule is Cc1cc2ncn(-c3cc(C(N)=O)c(N)cn3)c2cc1C. The molecule has 6 nitrogen and oxygen atoms in total. The number of imidazole rings is 1. The predicted octanol–water partition coefficient (Wildman–Crippen LogP) is 1.72. The molecule has 6 heteroatoms. The van der Waals surface area contributed by atoms with Crippen molar-refractivity contribution in [2.24, 2.45) is 5.73 Å². The fourth-order valence-electron chi connectivity index (χ4n) is 2.25. The maximum Gasteiger partial charge on any atom is 0.250 e. The molecule has 3 rings (SSSR count). The van der Waals surface area contributed by atoms with Crippen LogP contribution < -0.4 is 11.5 Å². The number of benzene rings is 1. The molecule has 0 spiro atoms. The lowest BCUT2D eigenvalue weighted by atomic mass is 10.1. The predicted molar refractivity (Wildman–Crippen MR) is 81.3 cm³/mol. The van der Waals surface area contributed by atoms with Crippen molar-refractivity contribution in [2.75, 3.05) is 5.73 Å². The monoisotopic (exact) mass is 281 g/mol. The third-order valence-electron chi connectivity index (χ3n) is 3.60. The van der Waals surface area contributed by atoms with E-state index in [0.717, 1.165) is 16.6 Å². The van der Waals surface area contributed by atoms with Gasteiger partial charge in [-0.3, -0.25) is 9.36 Å². The topological polar surface area (TPSA) is 99.8 Å². The Hall–Kier alpha value is -2.89. The second kappa shape index (κ2) is 4.59. The normalized spacial score (nSPS) is 11.0. The van der Waals surface area contributed by atoms with Crippen molar-refractivity contribution in [3.8, 4) is 5.82 Å². The third-order valence-corrected chi connectivity index (χ3v) is 3.60. The first-order chi connectivity index (χ1) is 9.97. The summed E-state index contributed by atoms with van der Waals surface area (Å²) in [5.41, 5.74) is 15.7. The summed E-state index contributed by atoms with van der Waals surface area (Å²) in [5, 5.41) is 0. The summed E-state index contributed by atoms with van der Waals surface area (Å²) < 4.78 is 1.81. The van der Waals surface area contributed by atoms with Gasteiger partial charge in [0.05, 0.1) is 28.5 Å². The van der Waals surface area contributed by atoms with Crippen molar-refractivity contribution in [1.29, 1.82) is 0 Å². The molecule has 0 atom stereocenters. The van der Waals surface area contributed by atoms with E-state index in [4.69, 9.17) is 11.5 Å². The van der Waals surface area contributed by atoms with Gasteiger partial charge < -0.3 is 11.5 Å². The van der Waals surface area contributed by atoms with Gasteiger partial charge in [-0.1, -0.05) is 0 Å². The van der Waals surface area contributed by atoms with Crippen molar-refractivity contribution in [2.45, 2.75) is 13.8 Å². The highest BCUT2D eigenvalue weighted by molar-refractivity contribution is 5.98. The molecule has 0 bridgehead atoms. The van der Waals surface area contributed by atoms with Crippen molar-refractivity contribution in [3.63, 3.8) is 0 Å². The fourth-order valence-corrected chi connectivity index (χ4v) is 2.25. The van der Waals surface area contributed by atoms with Crippen LogP contribution in [-0.2, 0) is 0 Å². The van der Waals surface area contributed by atoms with Crippen molar-refractivity contribution in [1.82, 2.24) is 14.5 Å². The first-order valence-corrected chi connectivity index (χ1v) is 6.47. The number of carbonyl (C=O) groups excluding carboxylic acids is 1. The Bertz CT molecular complexity index is 866. The van der Waals surface area contributed by atoms with Crippen molar-refractivity contribution < 1.29 is 4.79 Å². The number of nitrogens with two attached hydrogens (primary N) is 2. The summed E-state index contributed by atoms with van der Waals surface area (Å²) in [6.07, 6.45) is 3.11. The summed E-state index contributed by atoms with van der Waals surface area (Å²) in [4.78, 5) is 20.0. The van der Waals surface area contributed by atoms with Crippen molar-refractivity contribution in [3.05, 3.63) is 47.4 Å². The fraction of sp³-hybridized carbons (Fsp3) is 0.133. The Balaban J connectivity index is 2.23. The Kier molecular flexibility index (Phi) is 2.86. The Morgan fingerprint density at radius 1 is 1.14 bits per heavy atom. The lowest BCUT2D eigenvalue weighted by Crippen LogP contribution is -2.14. The van der Waals surface area contributed by atoms with Gasteiger partial charge in [0.25, 0.3) is 5.91 Å². The van der Waals surface area contributed by atoms with Crippen LogP contribution in [0.3, 0.4) is 0 Å². The molecule has 0 aliphatic rings. The zero-order valence-electron chi connectivity index (χ0n) is 11.8. The summed E-state index contributed by atoms with van der Waals surface area (Å²) >= 11 is 0. The number of pyridine rings is 1. The quantitative estimate of drug-likeness (QED) is 0.746. The van der Waals surface area contributed by atoms with Crippen molar-refractivity contribution >= 4 is 22.6 Å². The van der Waals surface area contributed by atoms with Gasteiger partial charge in [-0.25, -0.2) is 9.97 Å². The van der Waals surface area contributed by atoms with E-state index in [0.29, 0.717) is 5.82 Å². The zero-order valence-corrected chi connectivity index (χ0v) is 11.8. The van der Waals surface area contributed by atoms with Crippen LogP contribution in [0.5, 0.6) is 0 Å². The minimum Gasteiger partial charge on any atom is -0.397 e. The first kappa shape index (κ1) is 13.1. The molecule has 0 fully saturated rings. The number of aromatic nitrogens is 3. The highest BCUT2D eigenvalue weighted by atomic mass is 16.1. The number of rotatable bonds is 2. The molecule has 3 aromatic rings. The minimum absolute atomic E-state index is 0.255. The number of nitrogen functional groups attached to an aromatic ring is 1. The largest absolute Gasteiger partial charge is 0.397 e. The Morgan fingerprint density at radius 2 is 1.86 bits per heavy atom. The maximum absolute atomic E-state index is 11.4. The van der Waals surface area contributed by atoms with Gasteiger partial charge in [0.1, 0.15) is 12.1 Å². The van der Waals surface area contributed by atoms with E-state index in [2.05, 4.69) is 9.97 Å². The summed E-state index contributed by atoms with van der Waals surface area (Å²) in [6.45, 7) is 4.08. The van der Waals surface area contributed by atoms with Gasteiger partial charge in [-0.15, -0.1) is 0 Å². The highest BCUT2D eigenvalue weighted by Gasteiger charge is 2.12. The number of hydrogen-bond donors (Lipinski definition) is 2. The molecule has 1 amide bonds. The maximum atomic E-state index is 11.4. The minimum atomic E-state index is -0.576. The lowest BCUT2D eigenvalue weighted by Gasteiger charge is -2.08. The van der Waals surface area contributed by atoms with Crippen LogP contribution in [0, 0.1) is 13.8 Å². The molecule has 0 saturated carbocycles. The molecule has 4 N–H and O–H groups in total. The molecule has 21 heavy (non-hydrogen) atoms. The molecule has 0 aliphatic carbocycles. The molecular weight excluding hydrogens is 266 g/mol. The lowest BCUT2D eigenvalue weighted by molar-refractivity contribution is 0.100. The molecule has 0 saturated heterocycles. The van der Waals surface area contributed by atoms with Gasteiger partial charge in [-0.2, -0.15) is 0 Å². The molecule has 1 aromatic carbocycles. The molecule has 106 valence electrons. The molecule has 0 radical (unpaired) electrons. The second-order valence-electron chi connectivity index (χ2n) is 5.03. The van der Waals surface area contributed by atoms with Crippen LogP contribution in [0.25, 0.3) is 16.9 Å². The number of anilines is 1. The second-order valence-corrected chi connectivity index (χ2v) is 5.03. The Labute approximate surface area is 121 Å². The van der Waals surface area contributed by atoms with Gasteiger partial charge in [0.15, 0.2) is 0 Å². The number of aryl methyl sites for hydroxylation is 2. The van der Waals surface area contributed by atoms with Gasteiger partial charge in [0.2, 0.25) is 0 Å². The van der Waals surface area contributed by atoms with E-state index < -0.39 is 5.91 Å². The van der Waals surface area contributed by atoms with Crippen LogP contribution in [0.1, 0.15) is 21.5 Å². The van der Waals surface area contributed by atoms with E-state index in [1.165, 1.54) is 11.8 Å². The molecule has 0 aliphatic heterocycles. The zero-order chi connectivity index (χ0) is 15.1. The number of amides is 1. The number of primary amides is 1. The van der Waals surface area contributed by atoms with Crippen LogP contribution in [0.4, 0.5) is 5.69 Å². The standard InChI is InChI=1S/C15H15N5O/c1-8-3-12-13(4-9(8)2)20(7-19-12)14-5-10(15(17)21)11(16)6-18-14/h3-7H,16H2,1-2H3,(H2,17,21). The molecular formula is C15H15N5O. The van der Waals surface area contributed by atoms with E-state index >= 15 is 0 Å². The van der Waals surface area contributed by atoms with E-state index in [-0.39, 0.29) is 11.3 Å². The Morgan fingerprint density at radius 3 is 2.57 bits per heavy atom. The summed E-state index contributed by atoms with van der Waals surface area (Å²) in [7, 11) is 0. The van der Waals surface area contributed by atoms with E-state index in [1.54, 1.807) is 12.4 Å². The van der Waals surface area contributed by atoms with Crippen LogP contribution in [-0.4, -0.2) is 20.4 Å². The number of carbonyl (C=O) groups is 1. The highest BCUT2D eigenvalue weighted by Crippen LogP contribution is 2.22. The first-order valence-electron chi connectivity index (χ1n) is 6.47. The number of nitrogens with zero attached hydrogens (tertiary/aromatic N) is 3. The smallest absolute Gasteiger partial charge is 0.250 e. The molecule has 2 aromatic heterocycles. The summed E-state index contributed by atoms with van der Waals surface area (Å²) in [6, 6.07) is 5.64. The number of hydrogen-bond acceptors (Lipinski definition) is 4. The van der Waals surface area contributed by atoms with Gasteiger partial charge in [0, 0.05) is 0 Å². The third kappa shape index (κ3) is 2.10. The van der Waals surface area contributed by atoms with Gasteiger partial charge in [-0.05, 0) is 43.2 Å². The van der Waals surface area contributed by atoms with Gasteiger partial charge >= 0.3 is 0 Å². The van der Waals surface area contributed by atoms with E-state index in [1.807, 2.05) is 30.5 Å².